The van der Waals surface area contributed by atoms with Crippen molar-refractivity contribution in [3.05, 3.63) is 41.0 Å². The molecule has 19 heavy (non-hydrogen) atoms. The lowest BCUT2D eigenvalue weighted by Gasteiger charge is -2.00. The van der Waals surface area contributed by atoms with Crippen LogP contribution in [0.1, 0.15) is 5.69 Å². The van der Waals surface area contributed by atoms with E-state index in [1.807, 2.05) is 0 Å². The van der Waals surface area contributed by atoms with Gasteiger partial charge in [0.25, 0.3) is 0 Å². The standard InChI is InChI=1S/C13H14ClFN2O2/c1-18-6-5-16-7-9-8-19-13(17-9)10-3-2-4-11(14)12(10)15/h2-4,8,16H,5-7H2,1H3. The molecule has 0 saturated carbocycles. The number of oxazole rings is 1. The van der Waals surface area contributed by atoms with Gasteiger partial charge in [-0.2, -0.15) is 0 Å². The molecule has 0 amide bonds. The van der Waals surface area contributed by atoms with Crippen LogP contribution in [0.25, 0.3) is 11.5 Å². The van der Waals surface area contributed by atoms with Gasteiger partial charge in [0.05, 0.1) is 22.9 Å². The van der Waals surface area contributed by atoms with E-state index in [1.165, 1.54) is 12.3 Å². The lowest BCUT2D eigenvalue weighted by atomic mass is 10.2. The van der Waals surface area contributed by atoms with Gasteiger partial charge in [-0.15, -0.1) is 0 Å². The van der Waals surface area contributed by atoms with Gasteiger partial charge in [-0.05, 0) is 12.1 Å². The minimum Gasteiger partial charge on any atom is -0.444 e. The van der Waals surface area contributed by atoms with Gasteiger partial charge in [-0.25, -0.2) is 9.37 Å². The minimum absolute atomic E-state index is 0.0514. The molecule has 0 fully saturated rings. The van der Waals surface area contributed by atoms with Gasteiger partial charge in [0.1, 0.15) is 6.26 Å². The van der Waals surface area contributed by atoms with E-state index in [0.717, 1.165) is 0 Å². The first-order valence-electron chi connectivity index (χ1n) is 5.81. The molecule has 4 nitrogen and oxygen atoms in total. The number of methoxy groups -OCH3 is 1. The Morgan fingerprint density at radius 1 is 1.47 bits per heavy atom. The van der Waals surface area contributed by atoms with Crippen LogP contribution in [0.15, 0.2) is 28.9 Å². The predicted octanol–water partition coefficient (Wildman–Crippen LogP) is 2.87. The second-order valence-corrected chi connectivity index (χ2v) is 4.32. The van der Waals surface area contributed by atoms with E-state index in [1.54, 1.807) is 19.2 Å². The first kappa shape index (κ1) is 14.0. The van der Waals surface area contributed by atoms with Gasteiger partial charge in [-0.3, -0.25) is 0 Å². The van der Waals surface area contributed by atoms with E-state index in [9.17, 15) is 4.39 Å². The number of halogens is 2. The van der Waals surface area contributed by atoms with Crippen molar-refractivity contribution in [2.24, 2.45) is 0 Å². The molecule has 2 rings (SSSR count). The molecule has 0 aliphatic rings. The SMILES string of the molecule is COCCNCc1coc(-c2cccc(Cl)c2F)n1. The van der Waals surface area contributed by atoms with Crippen molar-refractivity contribution in [2.75, 3.05) is 20.3 Å². The van der Waals surface area contributed by atoms with E-state index < -0.39 is 5.82 Å². The van der Waals surface area contributed by atoms with E-state index in [0.29, 0.717) is 25.4 Å². The maximum atomic E-state index is 13.8. The molecule has 1 aromatic heterocycles. The Morgan fingerprint density at radius 2 is 2.32 bits per heavy atom. The number of nitrogens with one attached hydrogen (secondary N) is 1. The highest BCUT2D eigenvalue weighted by molar-refractivity contribution is 6.31. The maximum Gasteiger partial charge on any atom is 0.229 e. The predicted molar refractivity (Wildman–Crippen MR) is 70.5 cm³/mol. The fourth-order valence-electron chi connectivity index (χ4n) is 1.57. The molecular formula is C13H14ClFN2O2. The summed E-state index contributed by atoms with van der Waals surface area (Å²) in [7, 11) is 1.64. The Hall–Kier alpha value is -1.43. The normalized spacial score (nSPS) is 10.9. The van der Waals surface area contributed by atoms with Crippen LogP contribution in [0.4, 0.5) is 4.39 Å². The summed E-state index contributed by atoms with van der Waals surface area (Å²) in [6.07, 6.45) is 1.50. The van der Waals surface area contributed by atoms with Crippen LogP contribution in [0.3, 0.4) is 0 Å². The maximum absolute atomic E-state index is 13.8. The number of hydrogen-bond donors (Lipinski definition) is 1. The second-order valence-electron chi connectivity index (χ2n) is 3.91. The fraction of sp³-hybridized carbons (Fsp3) is 0.308. The minimum atomic E-state index is -0.523. The van der Waals surface area contributed by atoms with Crippen molar-refractivity contribution in [1.82, 2.24) is 10.3 Å². The molecule has 102 valence electrons. The van der Waals surface area contributed by atoms with Crippen molar-refractivity contribution >= 4 is 11.6 Å². The average molecular weight is 285 g/mol. The number of aromatic nitrogens is 1. The van der Waals surface area contributed by atoms with Crippen LogP contribution in [-0.4, -0.2) is 25.2 Å². The van der Waals surface area contributed by atoms with Gasteiger partial charge in [-0.1, -0.05) is 17.7 Å². The van der Waals surface area contributed by atoms with Crippen LogP contribution in [0.5, 0.6) is 0 Å². The monoisotopic (exact) mass is 284 g/mol. The summed E-state index contributed by atoms with van der Waals surface area (Å²) in [6.45, 7) is 1.87. The van der Waals surface area contributed by atoms with Gasteiger partial charge in [0, 0.05) is 20.2 Å². The van der Waals surface area contributed by atoms with Crippen LogP contribution in [-0.2, 0) is 11.3 Å². The molecule has 1 N–H and O–H groups in total. The Bertz CT molecular complexity index is 545. The number of hydrogen-bond acceptors (Lipinski definition) is 4. The number of benzene rings is 1. The Labute approximate surface area is 115 Å². The third-order valence-corrected chi connectivity index (χ3v) is 2.81. The third-order valence-electron chi connectivity index (χ3n) is 2.52. The Balaban J connectivity index is 2.06. The number of ether oxygens (including phenoxy) is 1. The molecule has 0 saturated heterocycles. The molecule has 1 heterocycles. The highest BCUT2D eigenvalue weighted by Gasteiger charge is 2.13. The van der Waals surface area contributed by atoms with E-state index >= 15 is 0 Å². The highest BCUT2D eigenvalue weighted by Crippen LogP contribution is 2.26. The quantitative estimate of drug-likeness (QED) is 0.829. The third kappa shape index (κ3) is 3.53. The first-order valence-corrected chi connectivity index (χ1v) is 6.18. The molecule has 0 unspecified atom stereocenters. The zero-order valence-corrected chi connectivity index (χ0v) is 11.2. The number of nitrogens with zero attached hydrogens (tertiary/aromatic N) is 1. The summed E-state index contributed by atoms with van der Waals surface area (Å²) in [5.41, 5.74) is 0.959. The largest absolute Gasteiger partial charge is 0.444 e. The summed E-state index contributed by atoms with van der Waals surface area (Å²) in [5.74, 6) is -0.298. The smallest absolute Gasteiger partial charge is 0.229 e. The fourth-order valence-corrected chi connectivity index (χ4v) is 1.75. The van der Waals surface area contributed by atoms with Crippen molar-refractivity contribution in [1.29, 1.82) is 0 Å². The molecule has 2 aromatic rings. The zero-order valence-electron chi connectivity index (χ0n) is 10.5. The van der Waals surface area contributed by atoms with Crippen LogP contribution in [0.2, 0.25) is 5.02 Å². The molecule has 0 aliphatic heterocycles. The van der Waals surface area contributed by atoms with Gasteiger partial charge < -0.3 is 14.5 Å². The van der Waals surface area contributed by atoms with Gasteiger partial charge in [0.2, 0.25) is 5.89 Å². The second kappa shape index (κ2) is 6.65. The molecule has 1 aromatic carbocycles. The molecule has 0 spiro atoms. The van der Waals surface area contributed by atoms with Crippen LogP contribution < -0.4 is 5.32 Å². The van der Waals surface area contributed by atoms with E-state index in [4.69, 9.17) is 20.8 Å². The van der Waals surface area contributed by atoms with Crippen molar-refractivity contribution < 1.29 is 13.5 Å². The lowest BCUT2D eigenvalue weighted by molar-refractivity contribution is 0.199. The first-order chi connectivity index (χ1) is 9.22. The van der Waals surface area contributed by atoms with Crippen molar-refractivity contribution in [2.45, 2.75) is 6.54 Å². The molecule has 0 radical (unpaired) electrons. The summed E-state index contributed by atoms with van der Waals surface area (Å²) < 4.78 is 24.0. The number of rotatable bonds is 6. The zero-order chi connectivity index (χ0) is 13.7. The summed E-state index contributed by atoms with van der Waals surface area (Å²) >= 11 is 5.72. The topological polar surface area (TPSA) is 47.3 Å². The lowest BCUT2D eigenvalue weighted by Crippen LogP contribution is -2.18. The molecule has 0 bridgehead atoms. The Kier molecular flexibility index (Phi) is 4.90. The summed E-state index contributed by atoms with van der Waals surface area (Å²) in [4.78, 5) is 4.21. The Morgan fingerprint density at radius 3 is 3.11 bits per heavy atom. The van der Waals surface area contributed by atoms with Crippen LogP contribution >= 0.6 is 11.6 Å². The average Bonchev–Trinajstić information content (AvgIpc) is 2.87. The molecule has 0 atom stereocenters. The van der Waals surface area contributed by atoms with Crippen LogP contribution in [0, 0.1) is 5.82 Å². The van der Waals surface area contributed by atoms with Crippen molar-refractivity contribution in [3.8, 4) is 11.5 Å². The van der Waals surface area contributed by atoms with E-state index in [2.05, 4.69) is 10.3 Å². The highest BCUT2D eigenvalue weighted by atomic mass is 35.5. The van der Waals surface area contributed by atoms with Crippen molar-refractivity contribution in [3.63, 3.8) is 0 Å². The van der Waals surface area contributed by atoms with E-state index in [-0.39, 0.29) is 16.5 Å². The molecular weight excluding hydrogens is 271 g/mol. The van der Waals surface area contributed by atoms with Gasteiger partial charge >= 0.3 is 0 Å². The molecule has 6 heteroatoms. The molecule has 0 aliphatic carbocycles. The summed E-state index contributed by atoms with van der Waals surface area (Å²) in [5, 5.41) is 3.18. The van der Waals surface area contributed by atoms with Gasteiger partial charge in [0.15, 0.2) is 5.82 Å². The summed E-state index contributed by atoms with van der Waals surface area (Å²) in [6, 6.07) is 4.72.